The highest BCUT2D eigenvalue weighted by atomic mass is 35.5. The van der Waals surface area contributed by atoms with Gasteiger partial charge in [-0.2, -0.15) is 4.99 Å². The summed E-state index contributed by atoms with van der Waals surface area (Å²) >= 11 is 13.0. The number of rotatable bonds is 2. The molecule has 0 saturated carbocycles. The molecule has 2 aliphatic rings. The highest BCUT2D eigenvalue weighted by molar-refractivity contribution is 8.16. The molecule has 5 nitrogen and oxygen atoms in total. The number of fused-ring (bicyclic) bond motifs is 1. The van der Waals surface area contributed by atoms with Crippen LogP contribution in [0.5, 0.6) is 0 Å². The van der Waals surface area contributed by atoms with Gasteiger partial charge in [-0.3, -0.25) is 4.79 Å². The Labute approximate surface area is 149 Å². The first kappa shape index (κ1) is 17.1. The molecular weight excluding hydrogens is 379 g/mol. The van der Waals surface area contributed by atoms with Crippen LogP contribution < -0.4 is 4.90 Å². The predicted octanol–water partition coefficient (Wildman–Crippen LogP) is 2.49. The standard InChI is InChI=1S/C14H14Cl2N2O3S2/c1-8-2-3-9(16)4-10(8)18-11-6-23(20,21)7-12(11)22-14(18)17-13(19)5-15/h2-4,11-12H,5-7H2,1H3/t11-,12+/m0/s1. The number of amidine groups is 1. The first-order valence-corrected chi connectivity index (χ1v) is 10.5. The smallest absolute Gasteiger partial charge is 0.262 e. The van der Waals surface area contributed by atoms with E-state index < -0.39 is 15.7 Å². The maximum atomic E-state index is 12.0. The summed E-state index contributed by atoms with van der Waals surface area (Å²) in [5, 5.41) is 0.897. The molecule has 0 spiro atoms. The normalized spacial score (nSPS) is 27.4. The second-order valence-electron chi connectivity index (χ2n) is 5.52. The Morgan fingerprint density at radius 2 is 2.17 bits per heavy atom. The first-order valence-electron chi connectivity index (χ1n) is 6.90. The van der Waals surface area contributed by atoms with E-state index >= 15 is 0 Å². The number of thioether (sulfide) groups is 1. The summed E-state index contributed by atoms with van der Waals surface area (Å²) in [5.41, 5.74) is 1.71. The lowest BCUT2D eigenvalue weighted by Crippen LogP contribution is -2.38. The van der Waals surface area contributed by atoms with Crippen LogP contribution in [0.1, 0.15) is 5.56 Å². The van der Waals surface area contributed by atoms with Gasteiger partial charge in [-0.05, 0) is 24.6 Å². The zero-order valence-electron chi connectivity index (χ0n) is 12.2. The van der Waals surface area contributed by atoms with Crippen molar-refractivity contribution in [3.05, 3.63) is 28.8 Å². The zero-order valence-corrected chi connectivity index (χ0v) is 15.3. The maximum absolute atomic E-state index is 12.0. The number of halogens is 2. The molecule has 2 heterocycles. The lowest BCUT2D eigenvalue weighted by Gasteiger charge is -2.26. The van der Waals surface area contributed by atoms with Gasteiger partial charge in [-0.1, -0.05) is 29.4 Å². The number of nitrogens with zero attached hydrogens (tertiary/aromatic N) is 2. The quantitative estimate of drug-likeness (QED) is 0.723. The Bertz CT molecular complexity index is 795. The highest BCUT2D eigenvalue weighted by Gasteiger charge is 2.49. The van der Waals surface area contributed by atoms with E-state index in [1.54, 1.807) is 12.1 Å². The maximum Gasteiger partial charge on any atom is 0.262 e. The lowest BCUT2D eigenvalue weighted by atomic mass is 10.1. The molecular formula is C14H14Cl2N2O3S2. The third-order valence-corrected chi connectivity index (χ3v) is 7.51. The van der Waals surface area contributed by atoms with E-state index in [0.29, 0.717) is 10.2 Å². The number of hydrogen-bond donors (Lipinski definition) is 0. The van der Waals surface area contributed by atoms with Gasteiger partial charge in [0.25, 0.3) is 5.91 Å². The van der Waals surface area contributed by atoms with Crippen molar-refractivity contribution in [3.8, 4) is 0 Å². The Morgan fingerprint density at radius 3 is 2.87 bits per heavy atom. The van der Waals surface area contributed by atoms with E-state index in [1.807, 2.05) is 17.9 Å². The van der Waals surface area contributed by atoms with Crippen LogP contribution in [-0.2, 0) is 14.6 Å². The van der Waals surface area contributed by atoms with E-state index in [1.165, 1.54) is 11.8 Å². The number of anilines is 1. The number of carbonyl (C=O) groups excluding carboxylic acids is 1. The van der Waals surface area contributed by atoms with E-state index in [9.17, 15) is 13.2 Å². The number of aryl methyl sites for hydroxylation is 1. The second kappa shape index (κ2) is 6.27. The minimum atomic E-state index is -3.09. The molecule has 9 heteroatoms. The summed E-state index contributed by atoms with van der Waals surface area (Å²) in [6, 6.07) is 5.16. The average Bonchev–Trinajstić information content (AvgIpc) is 2.92. The van der Waals surface area contributed by atoms with Crippen molar-refractivity contribution < 1.29 is 13.2 Å². The first-order chi connectivity index (χ1) is 10.8. The third-order valence-electron chi connectivity index (χ3n) is 3.83. The number of benzene rings is 1. The minimum Gasteiger partial charge on any atom is -0.315 e. The highest BCUT2D eigenvalue weighted by Crippen LogP contribution is 2.42. The third kappa shape index (κ3) is 3.38. The van der Waals surface area contributed by atoms with Crippen LogP contribution in [0, 0.1) is 6.92 Å². The Balaban J connectivity index is 2.08. The zero-order chi connectivity index (χ0) is 16.8. The van der Waals surface area contributed by atoms with Crippen molar-refractivity contribution in [3.63, 3.8) is 0 Å². The van der Waals surface area contributed by atoms with Gasteiger partial charge in [0.2, 0.25) is 0 Å². The summed E-state index contributed by atoms with van der Waals surface area (Å²) < 4.78 is 23.9. The van der Waals surface area contributed by atoms with Crippen molar-refractivity contribution in [1.29, 1.82) is 0 Å². The molecule has 3 rings (SSSR count). The molecule has 2 saturated heterocycles. The molecule has 124 valence electrons. The number of sulfone groups is 1. The van der Waals surface area contributed by atoms with Crippen LogP contribution in [0.3, 0.4) is 0 Å². The predicted molar refractivity (Wildman–Crippen MR) is 95.7 cm³/mol. The van der Waals surface area contributed by atoms with E-state index in [-0.39, 0.29) is 28.7 Å². The number of amides is 1. The van der Waals surface area contributed by atoms with Gasteiger partial charge in [0.05, 0.1) is 17.5 Å². The number of aliphatic imine (C=N–C) groups is 1. The lowest BCUT2D eigenvalue weighted by molar-refractivity contribution is -0.115. The SMILES string of the molecule is Cc1ccc(Cl)cc1N1C(=NC(=O)CCl)S[C@@H]2CS(=O)(=O)C[C@@H]21. The largest absolute Gasteiger partial charge is 0.315 e. The van der Waals surface area contributed by atoms with Gasteiger partial charge in [0, 0.05) is 16.0 Å². The van der Waals surface area contributed by atoms with Crippen molar-refractivity contribution in [2.45, 2.75) is 18.2 Å². The van der Waals surface area contributed by atoms with E-state index in [0.717, 1.165) is 11.3 Å². The van der Waals surface area contributed by atoms with Crippen LogP contribution >= 0.6 is 35.0 Å². The molecule has 23 heavy (non-hydrogen) atoms. The monoisotopic (exact) mass is 392 g/mol. The van der Waals surface area contributed by atoms with Gasteiger partial charge in [-0.25, -0.2) is 8.42 Å². The molecule has 1 aromatic carbocycles. The van der Waals surface area contributed by atoms with Crippen LogP contribution in [0.15, 0.2) is 23.2 Å². The van der Waals surface area contributed by atoms with Gasteiger partial charge in [-0.15, -0.1) is 11.6 Å². The summed E-state index contributed by atoms with van der Waals surface area (Å²) in [5.74, 6) is -0.515. The van der Waals surface area contributed by atoms with Gasteiger partial charge < -0.3 is 4.90 Å². The average molecular weight is 393 g/mol. The fourth-order valence-corrected chi connectivity index (χ4v) is 6.98. The van der Waals surface area contributed by atoms with Crippen LogP contribution in [0.2, 0.25) is 5.02 Å². The molecule has 1 aromatic rings. The van der Waals surface area contributed by atoms with E-state index in [2.05, 4.69) is 4.99 Å². The Hall–Kier alpha value is -0.760. The summed E-state index contributed by atoms with van der Waals surface area (Å²) in [6.45, 7) is 1.91. The number of hydrogen-bond acceptors (Lipinski definition) is 4. The molecule has 0 aliphatic carbocycles. The van der Waals surface area contributed by atoms with Crippen molar-refractivity contribution in [1.82, 2.24) is 0 Å². The van der Waals surface area contributed by atoms with Gasteiger partial charge in [0.15, 0.2) is 15.0 Å². The van der Waals surface area contributed by atoms with Crippen LogP contribution in [0.4, 0.5) is 5.69 Å². The summed E-state index contributed by atoms with van der Waals surface area (Å²) in [6.07, 6.45) is 0. The molecule has 2 fully saturated rings. The fraction of sp³-hybridized carbons (Fsp3) is 0.429. The Kier molecular flexibility index (Phi) is 4.66. The summed E-state index contributed by atoms with van der Waals surface area (Å²) in [4.78, 5) is 17.5. The molecule has 0 unspecified atom stereocenters. The summed E-state index contributed by atoms with van der Waals surface area (Å²) in [7, 11) is -3.09. The van der Waals surface area contributed by atoms with Gasteiger partial charge in [0.1, 0.15) is 5.88 Å². The van der Waals surface area contributed by atoms with Crippen LogP contribution in [0.25, 0.3) is 0 Å². The number of carbonyl (C=O) groups is 1. The fourth-order valence-electron chi connectivity index (χ4n) is 2.82. The minimum absolute atomic E-state index is 0.0463. The second-order valence-corrected chi connectivity index (χ2v) is 9.59. The molecule has 0 bridgehead atoms. The van der Waals surface area contributed by atoms with Crippen molar-refractivity contribution in [2.24, 2.45) is 4.99 Å². The van der Waals surface area contributed by atoms with E-state index in [4.69, 9.17) is 23.2 Å². The molecule has 2 atom stereocenters. The molecule has 2 aliphatic heterocycles. The Morgan fingerprint density at radius 1 is 1.43 bits per heavy atom. The van der Waals surface area contributed by atoms with Gasteiger partial charge >= 0.3 is 0 Å². The molecule has 1 amide bonds. The van der Waals surface area contributed by atoms with Crippen molar-refractivity contribution >= 4 is 61.6 Å². The van der Waals surface area contributed by atoms with Crippen molar-refractivity contribution in [2.75, 3.05) is 22.3 Å². The van der Waals surface area contributed by atoms with Crippen LogP contribution in [-0.4, -0.2) is 48.2 Å². The molecule has 0 N–H and O–H groups in total. The number of alkyl halides is 1. The topological polar surface area (TPSA) is 66.8 Å². The molecule has 0 radical (unpaired) electrons. The molecule has 0 aromatic heterocycles.